The summed E-state index contributed by atoms with van der Waals surface area (Å²) >= 11 is 5.89. The van der Waals surface area contributed by atoms with E-state index in [1.54, 1.807) is 36.3 Å². The van der Waals surface area contributed by atoms with Gasteiger partial charge in [-0.25, -0.2) is 0 Å². The Hall–Kier alpha value is -2.57. The topological polar surface area (TPSA) is 61.9 Å². The third kappa shape index (κ3) is 5.47. The van der Waals surface area contributed by atoms with Gasteiger partial charge in [-0.1, -0.05) is 29.8 Å². The van der Waals surface area contributed by atoms with Crippen LogP contribution in [0.1, 0.15) is 15.9 Å². The molecule has 2 aromatic rings. The normalized spacial score (nSPS) is 14.6. The number of piperazine rings is 1. The number of hydrogen-bond acceptors (Lipinski definition) is 4. The van der Waals surface area contributed by atoms with E-state index < -0.39 is 0 Å². The molecular weight excluding hydrogens is 378 g/mol. The molecule has 2 amide bonds. The Bertz CT molecular complexity index is 818. The number of carbonyl (C=O) groups is 2. The lowest BCUT2D eigenvalue weighted by molar-refractivity contribution is -0.131. The predicted molar refractivity (Wildman–Crippen MR) is 109 cm³/mol. The van der Waals surface area contributed by atoms with Gasteiger partial charge in [0.05, 0.1) is 13.7 Å². The van der Waals surface area contributed by atoms with Crippen molar-refractivity contribution < 1.29 is 14.3 Å². The molecule has 1 fully saturated rings. The van der Waals surface area contributed by atoms with Gasteiger partial charge in [-0.3, -0.25) is 14.5 Å². The zero-order valence-electron chi connectivity index (χ0n) is 15.9. The molecule has 0 aromatic heterocycles. The van der Waals surface area contributed by atoms with E-state index in [-0.39, 0.29) is 18.4 Å². The molecule has 1 saturated heterocycles. The zero-order valence-corrected chi connectivity index (χ0v) is 16.6. The number of rotatable bonds is 6. The molecule has 0 aliphatic carbocycles. The van der Waals surface area contributed by atoms with E-state index in [2.05, 4.69) is 22.3 Å². The Morgan fingerprint density at radius 3 is 2.43 bits per heavy atom. The lowest BCUT2D eigenvalue weighted by Crippen LogP contribution is -2.50. The Labute approximate surface area is 170 Å². The van der Waals surface area contributed by atoms with Crippen LogP contribution >= 0.6 is 11.6 Å². The molecule has 0 bridgehead atoms. The molecule has 0 saturated carbocycles. The summed E-state index contributed by atoms with van der Waals surface area (Å²) in [6.07, 6.45) is 0. The molecule has 6 nitrogen and oxygen atoms in total. The van der Waals surface area contributed by atoms with E-state index in [4.69, 9.17) is 16.3 Å². The molecular formula is C21H24ClN3O3. The lowest BCUT2D eigenvalue weighted by Gasteiger charge is -2.34. The average Bonchev–Trinajstić information content (AvgIpc) is 2.73. The van der Waals surface area contributed by atoms with Crippen LogP contribution in [0, 0.1) is 0 Å². The Kier molecular flexibility index (Phi) is 6.90. The van der Waals surface area contributed by atoms with Crippen LogP contribution in [0.3, 0.4) is 0 Å². The van der Waals surface area contributed by atoms with E-state index in [1.165, 1.54) is 5.56 Å². The monoisotopic (exact) mass is 401 g/mol. The Morgan fingerprint density at radius 2 is 1.79 bits per heavy atom. The number of halogens is 1. The zero-order chi connectivity index (χ0) is 19.9. The van der Waals surface area contributed by atoms with Gasteiger partial charge in [-0.2, -0.15) is 0 Å². The van der Waals surface area contributed by atoms with Crippen molar-refractivity contribution in [2.24, 2.45) is 0 Å². The van der Waals surface area contributed by atoms with Crippen LogP contribution in [0.25, 0.3) is 0 Å². The van der Waals surface area contributed by atoms with Crippen molar-refractivity contribution >= 4 is 23.4 Å². The summed E-state index contributed by atoms with van der Waals surface area (Å²) in [4.78, 5) is 28.6. The second kappa shape index (κ2) is 9.57. The molecule has 1 aliphatic rings. The predicted octanol–water partition coefficient (Wildman–Crippen LogP) is 2.42. The maximum Gasteiger partial charge on any atom is 0.251 e. The molecule has 0 unspecified atom stereocenters. The van der Waals surface area contributed by atoms with Gasteiger partial charge in [-0.15, -0.1) is 0 Å². The summed E-state index contributed by atoms with van der Waals surface area (Å²) in [6.45, 7) is 3.76. The van der Waals surface area contributed by atoms with Crippen LogP contribution in [-0.2, 0) is 11.3 Å². The summed E-state index contributed by atoms with van der Waals surface area (Å²) < 4.78 is 5.18. The first-order chi connectivity index (χ1) is 13.5. The Balaban J connectivity index is 1.42. The first-order valence-electron chi connectivity index (χ1n) is 9.22. The van der Waals surface area contributed by atoms with E-state index in [1.807, 2.05) is 12.1 Å². The highest BCUT2D eigenvalue weighted by Crippen LogP contribution is 2.14. The SMILES string of the molecule is COc1ccc(CN2CCN(C(=O)CNC(=O)c3cccc(Cl)c3)CC2)cc1. The first-order valence-corrected chi connectivity index (χ1v) is 9.60. The quantitative estimate of drug-likeness (QED) is 0.807. The van der Waals surface area contributed by atoms with E-state index in [9.17, 15) is 9.59 Å². The number of benzene rings is 2. The maximum absolute atomic E-state index is 12.4. The molecule has 0 atom stereocenters. The molecule has 1 heterocycles. The Morgan fingerprint density at radius 1 is 1.07 bits per heavy atom. The second-order valence-electron chi connectivity index (χ2n) is 6.70. The van der Waals surface area contributed by atoms with Gasteiger partial charge >= 0.3 is 0 Å². The largest absolute Gasteiger partial charge is 0.497 e. The summed E-state index contributed by atoms with van der Waals surface area (Å²) in [6, 6.07) is 14.7. The standard InChI is InChI=1S/C21H24ClN3O3/c1-28-19-7-5-16(6-8-19)15-24-9-11-25(12-10-24)20(26)14-23-21(27)17-3-2-4-18(22)13-17/h2-8,13H,9-12,14-15H2,1H3,(H,23,27). The van der Waals surface area contributed by atoms with Crippen LogP contribution in [-0.4, -0.2) is 61.4 Å². The summed E-state index contributed by atoms with van der Waals surface area (Å²) in [7, 11) is 1.66. The van der Waals surface area contributed by atoms with E-state index in [0.717, 1.165) is 25.4 Å². The van der Waals surface area contributed by atoms with Crippen molar-refractivity contribution in [3.8, 4) is 5.75 Å². The number of carbonyl (C=O) groups excluding carboxylic acids is 2. The third-order valence-electron chi connectivity index (χ3n) is 4.78. The van der Waals surface area contributed by atoms with Crippen LogP contribution < -0.4 is 10.1 Å². The summed E-state index contributed by atoms with van der Waals surface area (Å²) in [5, 5.41) is 3.16. The van der Waals surface area contributed by atoms with E-state index in [0.29, 0.717) is 23.7 Å². The van der Waals surface area contributed by atoms with Gasteiger partial charge in [0.2, 0.25) is 5.91 Å². The molecule has 1 aliphatic heterocycles. The van der Waals surface area contributed by atoms with Crippen molar-refractivity contribution in [1.29, 1.82) is 0 Å². The van der Waals surface area contributed by atoms with Crippen molar-refractivity contribution in [1.82, 2.24) is 15.1 Å². The molecule has 7 heteroatoms. The molecule has 3 rings (SSSR count). The molecule has 1 N–H and O–H groups in total. The molecule has 28 heavy (non-hydrogen) atoms. The molecule has 0 radical (unpaired) electrons. The molecule has 148 valence electrons. The summed E-state index contributed by atoms with van der Waals surface area (Å²) in [5.41, 5.74) is 1.67. The number of nitrogens with zero attached hydrogens (tertiary/aromatic N) is 2. The highest BCUT2D eigenvalue weighted by atomic mass is 35.5. The number of ether oxygens (including phenoxy) is 1. The fourth-order valence-electron chi connectivity index (χ4n) is 3.14. The van der Waals surface area contributed by atoms with Gasteiger partial charge in [0.15, 0.2) is 0 Å². The molecule has 0 spiro atoms. The highest BCUT2D eigenvalue weighted by Gasteiger charge is 2.21. The fraction of sp³-hybridized carbons (Fsp3) is 0.333. The van der Waals surface area contributed by atoms with Gasteiger partial charge < -0.3 is 15.0 Å². The summed E-state index contributed by atoms with van der Waals surface area (Å²) in [5.74, 6) is 0.479. The first kappa shape index (κ1) is 20.2. The minimum Gasteiger partial charge on any atom is -0.497 e. The fourth-order valence-corrected chi connectivity index (χ4v) is 3.33. The van der Waals surface area contributed by atoms with Crippen molar-refractivity contribution in [3.63, 3.8) is 0 Å². The second-order valence-corrected chi connectivity index (χ2v) is 7.13. The van der Waals surface area contributed by atoms with E-state index >= 15 is 0 Å². The van der Waals surface area contributed by atoms with Gasteiger partial charge in [0.25, 0.3) is 5.91 Å². The van der Waals surface area contributed by atoms with Crippen LogP contribution in [0.2, 0.25) is 5.02 Å². The number of amides is 2. The number of methoxy groups -OCH3 is 1. The van der Waals surface area contributed by atoms with Crippen molar-refractivity contribution in [2.45, 2.75) is 6.54 Å². The van der Waals surface area contributed by atoms with Crippen molar-refractivity contribution in [3.05, 3.63) is 64.7 Å². The maximum atomic E-state index is 12.4. The molecule has 2 aromatic carbocycles. The number of hydrogen-bond donors (Lipinski definition) is 1. The van der Waals surface area contributed by atoms with Crippen LogP contribution in [0.5, 0.6) is 5.75 Å². The smallest absolute Gasteiger partial charge is 0.251 e. The van der Waals surface area contributed by atoms with Gasteiger partial charge in [0, 0.05) is 43.3 Å². The number of nitrogens with one attached hydrogen (secondary N) is 1. The van der Waals surface area contributed by atoms with Gasteiger partial charge in [-0.05, 0) is 35.9 Å². The third-order valence-corrected chi connectivity index (χ3v) is 5.01. The van der Waals surface area contributed by atoms with Gasteiger partial charge in [0.1, 0.15) is 5.75 Å². The van der Waals surface area contributed by atoms with Crippen LogP contribution in [0.4, 0.5) is 0 Å². The lowest BCUT2D eigenvalue weighted by atomic mass is 10.2. The average molecular weight is 402 g/mol. The highest BCUT2D eigenvalue weighted by molar-refractivity contribution is 6.30. The minimum absolute atomic E-state index is 0.0101. The van der Waals surface area contributed by atoms with Crippen LogP contribution in [0.15, 0.2) is 48.5 Å². The minimum atomic E-state index is -0.297. The van der Waals surface area contributed by atoms with Crippen molar-refractivity contribution in [2.75, 3.05) is 39.8 Å².